The topological polar surface area (TPSA) is 89.3 Å². The minimum Gasteiger partial charge on any atom is -0.352 e. The normalized spacial score (nSPS) is 19.2. The molecule has 100 valence electrons. The maximum absolute atomic E-state index is 11.6. The number of nitrogens with one attached hydrogen (secondary N) is 1. The van der Waals surface area contributed by atoms with Gasteiger partial charge in [-0.15, -0.1) is 0 Å². The zero-order valence-corrected chi connectivity index (χ0v) is 11.1. The van der Waals surface area contributed by atoms with Crippen molar-refractivity contribution in [3.05, 3.63) is 0 Å². The van der Waals surface area contributed by atoms with Crippen molar-refractivity contribution < 1.29 is 13.2 Å². The van der Waals surface area contributed by atoms with Crippen LogP contribution in [-0.4, -0.2) is 37.9 Å². The summed E-state index contributed by atoms with van der Waals surface area (Å²) in [5, 5.41) is 2.77. The highest BCUT2D eigenvalue weighted by molar-refractivity contribution is 7.92. The minimum absolute atomic E-state index is 0.0112. The molecule has 0 bridgehead atoms. The SMILES string of the molecule is CC(N)CCS(=O)(=O)CC(=O)NC1CCCC1. The highest BCUT2D eigenvalue weighted by Gasteiger charge is 2.21. The van der Waals surface area contributed by atoms with Crippen LogP contribution in [0.5, 0.6) is 0 Å². The molecule has 3 N–H and O–H groups in total. The van der Waals surface area contributed by atoms with Crippen molar-refractivity contribution in [1.82, 2.24) is 5.32 Å². The molecule has 1 aliphatic carbocycles. The Balaban J connectivity index is 2.33. The molecule has 0 aromatic carbocycles. The molecular formula is C11H22N2O3S. The van der Waals surface area contributed by atoms with Crippen LogP contribution in [0.2, 0.25) is 0 Å². The van der Waals surface area contributed by atoms with Gasteiger partial charge in [0.15, 0.2) is 9.84 Å². The Hall–Kier alpha value is -0.620. The van der Waals surface area contributed by atoms with Crippen molar-refractivity contribution >= 4 is 15.7 Å². The molecule has 1 atom stereocenters. The fourth-order valence-electron chi connectivity index (χ4n) is 1.98. The third-order valence-corrected chi connectivity index (χ3v) is 4.52. The predicted octanol–water partition coefficient (Wildman–Crippen LogP) is 0.197. The lowest BCUT2D eigenvalue weighted by Gasteiger charge is -2.12. The summed E-state index contributed by atoms with van der Waals surface area (Å²) in [5.74, 6) is -0.791. The molecule has 0 heterocycles. The van der Waals surface area contributed by atoms with Crippen molar-refractivity contribution in [1.29, 1.82) is 0 Å². The summed E-state index contributed by atoms with van der Waals surface area (Å²) in [5.41, 5.74) is 5.50. The van der Waals surface area contributed by atoms with E-state index in [1.54, 1.807) is 6.92 Å². The molecule has 0 spiro atoms. The molecule has 5 nitrogen and oxygen atoms in total. The molecule has 17 heavy (non-hydrogen) atoms. The molecule has 0 saturated heterocycles. The summed E-state index contributed by atoms with van der Waals surface area (Å²) in [6, 6.07) is 0.0220. The van der Waals surface area contributed by atoms with Crippen LogP contribution >= 0.6 is 0 Å². The summed E-state index contributed by atoms with van der Waals surface area (Å²) in [7, 11) is -3.31. The van der Waals surface area contributed by atoms with Gasteiger partial charge in [0.1, 0.15) is 5.75 Å². The Labute approximate surface area is 103 Å². The fourth-order valence-corrected chi connectivity index (χ4v) is 3.33. The zero-order valence-electron chi connectivity index (χ0n) is 10.3. The number of carbonyl (C=O) groups excluding carboxylic acids is 1. The molecule has 1 aliphatic rings. The molecule has 0 aliphatic heterocycles. The molecule has 1 rings (SSSR count). The maximum Gasteiger partial charge on any atom is 0.235 e. The largest absolute Gasteiger partial charge is 0.352 e. The van der Waals surface area contributed by atoms with Crippen LogP contribution in [0, 0.1) is 0 Å². The number of hydrogen-bond donors (Lipinski definition) is 2. The highest BCUT2D eigenvalue weighted by atomic mass is 32.2. The number of carbonyl (C=O) groups is 1. The van der Waals surface area contributed by atoms with Gasteiger partial charge >= 0.3 is 0 Å². The Bertz CT molecular complexity index is 346. The third kappa shape index (κ3) is 6.02. The van der Waals surface area contributed by atoms with Crippen LogP contribution in [0.1, 0.15) is 39.0 Å². The number of amides is 1. The highest BCUT2D eigenvalue weighted by Crippen LogP contribution is 2.17. The van der Waals surface area contributed by atoms with E-state index in [1.807, 2.05) is 0 Å². The van der Waals surface area contributed by atoms with Gasteiger partial charge in [-0.05, 0) is 26.2 Å². The average molecular weight is 262 g/mol. The molecular weight excluding hydrogens is 240 g/mol. The lowest BCUT2D eigenvalue weighted by molar-refractivity contribution is -0.119. The lowest BCUT2D eigenvalue weighted by Crippen LogP contribution is -2.37. The average Bonchev–Trinajstić information content (AvgIpc) is 2.66. The summed E-state index contributed by atoms with van der Waals surface area (Å²) in [6.45, 7) is 1.76. The van der Waals surface area contributed by atoms with Crippen LogP contribution < -0.4 is 11.1 Å². The minimum atomic E-state index is -3.31. The monoisotopic (exact) mass is 262 g/mol. The first-order valence-corrected chi connectivity index (χ1v) is 7.96. The van der Waals surface area contributed by atoms with Gasteiger partial charge in [0, 0.05) is 12.1 Å². The van der Waals surface area contributed by atoms with Gasteiger partial charge < -0.3 is 11.1 Å². The van der Waals surface area contributed by atoms with Crippen molar-refractivity contribution in [2.24, 2.45) is 5.73 Å². The number of nitrogens with two attached hydrogens (primary N) is 1. The van der Waals surface area contributed by atoms with Crippen molar-refractivity contribution in [3.8, 4) is 0 Å². The first kappa shape index (κ1) is 14.4. The predicted molar refractivity (Wildman–Crippen MR) is 67.3 cm³/mol. The molecule has 6 heteroatoms. The smallest absolute Gasteiger partial charge is 0.235 e. The summed E-state index contributed by atoms with van der Waals surface area (Å²) >= 11 is 0. The summed E-state index contributed by atoms with van der Waals surface area (Å²) in [6.07, 6.45) is 4.56. The van der Waals surface area contributed by atoms with Gasteiger partial charge in [-0.25, -0.2) is 8.42 Å². The molecule has 1 amide bonds. The van der Waals surface area contributed by atoms with E-state index in [1.165, 1.54) is 0 Å². The van der Waals surface area contributed by atoms with Crippen molar-refractivity contribution in [2.75, 3.05) is 11.5 Å². The second kappa shape index (κ2) is 6.35. The van der Waals surface area contributed by atoms with Crippen LogP contribution in [0.4, 0.5) is 0 Å². The standard InChI is InChI=1S/C11H22N2O3S/c1-9(12)6-7-17(15,16)8-11(14)13-10-4-2-3-5-10/h9-10H,2-8,12H2,1H3,(H,13,14). The maximum atomic E-state index is 11.6. The summed E-state index contributed by atoms with van der Waals surface area (Å²) < 4.78 is 23.2. The molecule has 1 unspecified atom stereocenters. The molecule has 0 aromatic heterocycles. The first-order chi connectivity index (χ1) is 7.89. The quantitative estimate of drug-likeness (QED) is 0.715. The molecule has 1 saturated carbocycles. The molecule has 0 radical (unpaired) electrons. The van der Waals surface area contributed by atoms with E-state index < -0.39 is 15.6 Å². The van der Waals surface area contributed by atoms with Gasteiger partial charge in [-0.3, -0.25) is 4.79 Å². The van der Waals surface area contributed by atoms with Crippen LogP contribution in [0.15, 0.2) is 0 Å². The Morgan fingerprint density at radius 3 is 2.53 bits per heavy atom. The number of rotatable bonds is 6. The van der Waals surface area contributed by atoms with Crippen molar-refractivity contribution in [2.45, 2.75) is 51.1 Å². The first-order valence-electron chi connectivity index (χ1n) is 6.14. The van der Waals surface area contributed by atoms with Gasteiger partial charge in [0.05, 0.1) is 5.75 Å². The zero-order chi connectivity index (χ0) is 12.9. The van der Waals surface area contributed by atoms with Gasteiger partial charge in [-0.2, -0.15) is 0 Å². The lowest BCUT2D eigenvalue weighted by atomic mass is 10.2. The fraction of sp³-hybridized carbons (Fsp3) is 0.909. The second-order valence-electron chi connectivity index (χ2n) is 4.91. The van der Waals surface area contributed by atoms with E-state index in [2.05, 4.69) is 5.32 Å². The van der Waals surface area contributed by atoms with E-state index in [0.717, 1.165) is 25.7 Å². The van der Waals surface area contributed by atoms with E-state index in [0.29, 0.717) is 6.42 Å². The van der Waals surface area contributed by atoms with Gasteiger partial charge in [0.25, 0.3) is 0 Å². The molecule has 1 fully saturated rings. The van der Waals surface area contributed by atoms with E-state index in [-0.39, 0.29) is 23.7 Å². The molecule has 0 aromatic rings. The number of sulfone groups is 1. The Morgan fingerprint density at radius 1 is 1.41 bits per heavy atom. The Kier molecular flexibility index (Phi) is 5.39. The van der Waals surface area contributed by atoms with E-state index >= 15 is 0 Å². The Morgan fingerprint density at radius 2 is 2.00 bits per heavy atom. The van der Waals surface area contributed by atoms with Crippen LogP contribution in [0.25, 0.3) is 0 Å². The number of hydrogen-bond acceptors (Lipinski definition) is 4. The van der Waals surface area contributed by atoms with Crippen LogP contribution in [-0.2, 0) is 14.6 Å². The van der Waals surface area contributed by atoms with Crippen molar-refractivity contribution in [3.63, 3.8) is 0 Å². The van der Waals surface area contributed by atoms with Gasteiger partial charge in [0.2, 0.25) is 5.91 Å². The summed E-state index contributed by atoms with van der Waals surface area (Å²) in [4.78, 5) is 11.5. The van der Waals surface area contributed by atoms with E-state index in [9.17, 15) is 13.2 Å². The second-order valence-corrected chi connectivity index (χ2v) is 7.09. The third-order valence-electron chi connectivity index (χ3n) is 2.96. The van der Waals surface area contributed by atoms with Gasteiger partial charge in [-0.1, -0.05) is 12.8 Å². The van der Waals surface area contributed by atoms with E-state index in [4.69, 9.17) is 5.73 Å². The van der Waals surface area contributed by atoms with Crippen LogP contribution in [0.3, 0.4) is 0 Å².